The summed E-state index contributed by atoms with van der Waals surface area (Å²) < 4.78 is 40.3. The van der Waals surface area contributed by atoms with Crippen LogP contribution in [0.5, 0.6) is 5.75 Å². The number of hydrogen-bond acceptors (Lipinski definition) is 7. The third-order valence-electron chi connectivity index (χ3n) is 10.2. The van der Waals surface area contributed by atoms with Crippen LogP contribution in [0.3, 0.4) is 0 Å². The van der Waals surface area contributed by atoms with E-state index in [-0.39, 0.29) is 36.0 Å². The van der Waals surface area contributed by atoms with Crippen molar-refractivity contribution in [1.82, 2.24) is 4.31 Å². The van der Waals surface area contributed by atoms with Gasteiger partial charge in [0, 0.05) is 18.8 Å². The summed E-state index contributed by atoms with van der Waals surface area (Å²) in [6, 6.07) is 55.7. The molecule has 7 aromatic rings. The van der Waals surface area contributed by atoms with Crippen LogP contribution >= 0.6 is 0 Å². The molecule has 0 aromatic heterocycles. The van der Waals surface area contributed by atoms with E-state index < -0.39 is 28.4 Å². The van der Waals surface area contributed by atoms with Crippen LogP contribution in [0, 0.1) is 18.3 Å². The zero-order valence-corrected chi connectivity index (χ0v) is 34.6. The van der Waals surface area contributed by atoms with E-state index in [1.165, 1.54) is 24.1 Å². The lowest BCUT2D eigenvalue weighted by atomic mass is 9.98. The minimum Gasteiger partial charge on any atom is -0.488 e. The van der Waals surface area contributed by atoms with Crippen molar-refractivity contribution in [2.45, 2.75) is 31.6 Å². The Labute approximate surface area is 356 Å². The highest BCUT2D eigenvalue weighted by Gasteiger charge is 2.27. The molecule has 0 aliphatic rings. The van der Waals surface area contributed by atoms with Crippen LogP contribution in [0.1, 0.15) is 38.2 Å². The number of nitrogens with zero attached hydrogens (tertiary/aromatic N) is 3. The third kappa shape index (κ3) is 10.5. The normalized spacial score (nSPS) is 11.1. The number of amides is 1. The van der Waals surface area contributed by atoms with Crippen LogP contribution in [0.4, 0.5) is 5.69 Å². The van der Waals surface area contributed by atoms with Crippen LogP contribution in [0.2, 0.25) is 0 Å². The van der Waals surface area contributed by atoms with Gasteiger partial charge in [-0.15, -0.1) is 0 Å². The van der Waals surface area contributed by atoms with Gasteiger partial charge in [0.1, 0.15) is 24.5 Å². The number of nitriles is 1. The topological polar surface area (TPSA) is 117 Å². The number of likely N-dealkylation sites (N-methyl/N-ethyl adjacent to an activating group) is 1. The molecule has 0 aliphatic heterocycles. The monoisotopic (exact) mass is 825 g/mol. The molecule has 0 radical (unpaired) electrons. The Kier molecular flexibility index (Phi) is 13.1. The number of sulfonamides is 1. The fourth-order valence-corrected chi connectivity index (χ4v) is 7.81. The molecule has 0 bridgehead atoms. The van der Waals surface area contributed by atoms with Crippen molar-refractivity contribution in [2.75, 3.05) is 18.5 Å². The number of carbonyl (C=O) groups excluding carboxylic acids is 2. The first-order valence-corrected chi connectivity index (χ1v) is 21.1. The number of aryl methyl sites for hydroxylation is 1. The molecule has 304 valence electrons. The van der Waals surface area contributed by atoms with Gasteiger partial charge in [-0.25, -0.2) is 13.2 Å². The van der Waals surface area contributed by atoms with E-state index in [9.17, 15) is 23.3 Å². The predicted octanol–water partition coefficient (Wildman–Crippen LogP) is 9.99. The average Bonchev–Trinajstić information content (AvgIpc) is 3.30. The van der Waals surface area contributed by atoms with E-state index in [4.69, 9.17) is 9.47 Å². The number of carbonyl (C=O) groups is 2. The largest absolute Gasteiger partial charge is 0.488 e. The number of benzene rings is 7. The van der Waals surface area contributed by atoms with Gasteiger partial charge in [0.2, 0.25) is 15.9 Å². The molecule has 7 rings (SSSR count). The first-order chi connectivity index (χ1) is 29.6. The van der Waals surface area contributed by atoms with Crippen molar-refractivity contribution >= 4 is 27.6 Å². The quantitative estimate of drug-likeness (QED) is 0.0945. The molecule has 0 atom stereocenters. The van der Waals surface area contributed by atoms with Crippen molar-refractivity contribution in [3.05, 3.63) is 209 Å². The van der Waals surface area contributed by atoms with Crippen molar-refractivity contribution in [3.63, 3.8) is 0 Å². The number of rotatable bonds is 15. The third-order valence-corrected chi connectivity index (χ3v) is 12.0. The Balaban J connectivity index is 1.19. The van der Waals surface area contributed by atoms with Crippen LogP contribution in [-0.4, -0.2) is 38.2 Å². The molecule has 9 nitrogen and oxygen atoms in total. The van der Waals surface area contributed by atoms with Crippen LogP contribution in [-0.2, 0) is 39.3 Å². The highest BCUT2D eigenvalue weighted by Crippen LogP contribution is 2.31. The van der Waals surface area contributed by atoms with Crippen LogP contribution in [0.15, 0.2) is 181 Å². The van der Waals surface area contributed by atoms with Gasteiger partial charge in [-0.3, -0.25) is 4.79 Å². The summed E-state index contributed by atoms with van der Waals surface area (Å²) in [5, 5.41) is 9.33. The summed E-state index contributed by atoms with van der Waals surface area (Å²) in [7, 11) is -2.63. The molecule has 0 saturated carbocycles. The average molecular weight is 826 g/mol. The lowest BCUT2D eigenvalue weighted by Gasteiger charge is -2.27. The second-order valence-electron chi connectivity index (χ2n) is 14.5. The maximum atomic E-state index is 14.4. The van der Waals surface area contributed by atoms with E-state index in [0.717, 1.165) is 48.8 Å². The van der Waals surface area contributed by atoms with Crippen molar-refractivity contribution in [1.29, 1.82) is 5.26 Å². The lowest BCUT2D eigenvalue weighted by Crippen LogP contribution is -2.41. The molecule has 0 spiro atoms. The summed E-state index contributed by atoms with van der Waals surface area (Å²) in [4.78, 5) is 29.5. The van der Waals surface area contributed by atoms with Gasteiger partial charge >= 0.3 is 5.97 Å². The maximum absolute atomic E-state index is 14.4. The smallest absolute Gasteiger partial charge is 0.342 e. The molecule has 7 aromatic carbocycles. The predicted molar refractivity (Wildman–Crippen MR) is 237 cm³/mol. The lowest BCUT2D eigenvalue weighted by molar-refractivity contribution is -0.118. The van der Waals surface area contributed by atoms with Gasteiger partial charge in [-0.1, -0.05) is 139 Å². The van der Waals surface area contributed by atoms with Gasteiger partial charge in [0.05, 0.1) is 29.6 Å². The molecular weight excluding hydrogens is 783 g/mol. The molecule has 0 N–H and O–H groups in total. The zero-order valence-electron chi connectivity index (χ0n) is 33.8. The van der Waals surface area contributed by atoms with E-state index in [1.807, 2.05) is 134 Å². The molecule has 0 heterocycles. The summed E-state index contributed by atoms with van der Waals surface area (Å²) in [6.45, 7) is 1.70. The fraction of sp³-hybridized carbons (Fsp3) is 0.118. The zero-order chi connectivity index (χ0) is 42.8. The van der Waals surface area contributed by atoms with Gasteiger partial charge < -0.3 is 14.4 Å². The second kappa shape index (κ2) is 19.2. The first-order valence-electron chi connectivity index (χ1n) is 19.6. The van der Waals surface area contributed by atoms with Crippen LogP contribution < -0.4 is 9.64 Å². The summed E-state index contributed by atoms with van der Waals surface area (Å²) in [5.41, 5.74) is 8.44. The molecule has 0 aliphatic carbocycles. The van der Waals surface area contributed by atoms with Crippen molar-refractivity contribution in [3.8, 4) is 34.1 Å². The van der Waals surface area contributed by atoms with Crippen molar-refractivity contribution < 1.29 is 27.5 Å². The van der Waals surface area contributed by atoms with Crippen LogP contribution in [0.25, 0.3) is 22.3 Å². The SMILES string of the molecule is Cc1ccc(S(=O)(=O)N(C)CC(=O)N(Cc2ccc(-c3ccc(-c4cccc(C#N)c4)cc3)cc2)c2ccc(C(=O)OCc3ccccc3)c(OCc3ccccc3)c2)cc1. The Morgan fingerprint density at radius 3 is 1.84 bits per heavy atom. The molecule has 0 unspecified atom stereocenters. The van der Waals surface area contributed by atoms with Gasteiger partial charge in [0.15, 0.2) is 0 Å². The number of ether oxygens (including phenoxy) is 2. The molecule has 0 saturated heterocycles. The number of hydrogen-bond donors (Lipinski definition) is 0. The van der Waals surface area contributed by atoms with E-state index in [0.29, 0.717) is 11.3 Å². The Morgan fingerprint density at radius 1 is 0.623 bits per heavy atom. The number of anilines is 1. The van der Waals surface area contributed by atoms with Gasteiger partial charge in [-0.05, 0) is 82.3 Å². The van der Waals surface area contributed by atoms with E-state index in [1.54, 1.807) is 36.4 Å². The summed E-state index contributed by atoms with van der Waals surface area (Å²) >= 11 is 0. The Bertz CT molecular complexity index is 2770. The number of esters is 1. The molecule has 0 fully saturated rings. The minimum atomic E-state index is -4.01. The minimum absolute atomic E-state index is 0.0578. The second-order valence-corrected chi connectivity index (χ2v) is 16.6. The highest BCUT2D eigenvalue weighted by molar-refractivity contribution is 7.89. The Morgan fingerprint density at radius 2 is 1.21 bits per heavy atom. The fourth-order valence-electron chi connectivity index (χ4n) is 6.69. The Hall–Kier alpha value is -7.32. The summed E-state index contributed by atoms with van der Waals surface area (Å²) in [6.07, 6.45) is 0. The molecule has 1 amide bonds. The van der Waals surface area contributed by atoms with Gasteiger partial charge in [-0.2, -0.15) is 9.57 Å². The summed E-state index contributed by atoms with van der Waals surface area (Å²) in [5.74, 6) is -0.887. The van der Waals surface area contributed by atoms with Gasteiger partial charge in [0.25, 0.3) is 0 Å². The van der Waals surface area contributed by atoms with E-state index >= 15 is 0 Å². The van der Waals surface area contributed by atoms with Crippen molar-refractivity contribution in [2.24, 2.45) is 0 Å². The molecule has 61 heavy (non-hydrogen) atoms. The first kappa shape index (κ1) is 41.8. The molecule has 10 heteroatoms. The van der Waals surface area contributed by atoms with E-state index in [2.05, 4.69) is 6.07 Å². The maximum Gasteiger partial charge on any atom is 0.342 e. The molecular formula is C51H43N3O6S. The highest BCUT2D eigenvalue weighted by atomic mass is 32.2. The standard InChI is InChI=1S/C51H43N3O6S/c1-37-16-27-47(28-17-37)61(57,58)53(2)34-50(55)54(33-38-18-20-42(21-19-38)43-22-24-44(25-23-43)45-15-9-14-41(30-45)32-52)46-26-29-48(51(56)60-36-40-12-7-4-8-13-40)49(31-46)59-35-39-10-5-3-6-11-39/h3-31H,33-36H2,1-2H3.